The van der Waals surface area contributed by atoms with Crippen molar-refractivity contribution in [2.45, 2.75) is 131 Å². The maximum Gasteiger partial charge on any atom is 0.252 e. The number of fused-ring (bicyclic) bond motifs is 4. The predicted octanol–water partition coefficient (Wildman–Crippen LogP) is 22.3. The van der Waals surface area contributed by atoms with Crippen molar-refractivity contribution in [2.75, 3.05) is 9.80 Å². The van der Waals surface area contributed by atoms with Gasteiger partial charge in [0, 0.05) is 45.0 Å². The van der Waals surface area contributed by atoms with Crippen LogP contribution in [0.2, 0.25) is 0 Å². The Balaban J connectivity index is 1.30. The van der Waals surface area contributed by atoms with E-state index in [1.165, 1.54) is 145 Å². The summed E-state index contributed by atoms with van der Waals surface area (Å²) in [5, 5.41) is 0. The van der Waals surface area contributed by atoms with Crippen LogP contribution in [0.1, 0.15) is 132 Å². The largest absolute Gasteiger partial charge is 0.310 e. The average molecular weight is 1160 g/mol. The van der Waals surface area contributed by atoms with Crippen LogP contribution in [0.15, 0.2) is 243 Å². The first-order valence-corrected chi connectivity index (χ1v) is 32.2. The highest BCUT2D eigenvalue weighted by molar-refractivity contribution is 7.00. The second-order valence-corrected chi connectivity index (χ2v) is 30.2. The van der Waals surface area contributed by atoms with Crippen molar-refractivity contribution >= 4 is 57.2 Å². The van der Waals surface area contributed by atoms with Gasteiger partial charge in [0.05, 0.1) is 11.4 Å². The third-order valence-corrected chi connectivity index (χ3v) is 18.7. The zero-order valence-corrected chi connectivity index (χ0v) is 55.1. The highest BCUT2D eigenvalue weighted by Crippen LogP contribution is 2.56. The number of hydrogen-bond donors (Lipinski definition) is 0. The molecule has 2 aliphatic rings. The summed E-state index contributed by atoms with van der Waals surface area (Å²) in [7, 11) is 0. The molecule has 0 bridgehead atoms. The third kappa shape index (κ3) is 10.7. The fourth-order valence-corrected chi connectivity index (χ4v) is 13.9. The van der Waals surface area contributed by atoms with Gasteiger partial charge in [0.1, 0.15) is 0 Å². The molecule has 2 heterocycles. The van der Waals surface area contributed by atoms with Crippen LogP contribution in [0.25, 0.3) is 66.8 Å². The van der Waals surface area contributed by atoms with Gasteiger partial charge < -0.3 is 9.80 Å². The standard InChI is InChI=1S/C86H85BN2/c1-82(2,3)62-46-67(58-38-26-18-27-39-58)80(68(47-62)59-40-28-19-29-41-59)88-75-54-71(85(10,11)12)65(56-34-22-16-23-35-56)52-73(75)87-74-53-66(57-36-24-17-25-37-57)72(86(13,14)15)55-76(74)89(78-51-64(84(7,8)9)50-77(88)79(78)87)81-69(60-42-30-20-31-43-60)48-63(83(4,5)6)49-70(81)61-44-32-21-33-45-61/h16-55H,1-15H3. The van der Waals surface area contributed by atoms with Gasteiger partial charge in [0.2, 0.25) is 0 Å². The molecule has 89 heavy (non-hydrogen) atoms. The highest BCUT2D eigenvalue weighted by Gasteiger charge is 2.48. The second-order valence-electron chi connectivity index (χ2n) is 30.2. The summed E-state index contributed by atoms with van der Waals surface area (Å²) < 4.78 is 0. The van der Waals surface area contributed by atoms with Crippen molar-refractivity contribution < 1.29 is 0 Å². The molecule has 0 atom stereocenters. The Labute approximate surface area is 532 Å². The average Bonchev–Trinajstić information content (AvgIpc) is 0.717. The van der Waals surface area contributed by atoms with Crippen molar-refractivity contribution in [3.05, 3.63) is 270 Å². The fourth-order valence-electron chi connectivity index (χ4n) is 13.9. The predicted molar refractivity (Wildman–Crippen MR) is 387 cm³/mol. The second kappa shape index (κ2) is 22.0. The molecule has 0 fully saturated rings. The zero-order valence-electron chi connectivity index (χ0n) is 55.1. The van der Waals surface area contributed by atoms with E-state index < -0.39 is 0 Å². The lowest BCUT2D eigenvalue weighted by Gasteiger charge is -2.47. The Hall–Kier alpha value is -8.92. The van der Waals surface area contributed by atoms with Gasteiger partial charge in [-0.2, -0.15) is 0 Å². The normalized spacial score (nSPS) is 13.3. The Morgan fingerprint density at radius 1 is 0.236 bits per heavy atom. The molecule has 11 aromatic rings. The minimum atomic E-state index is -0.276. The van der Waals surface area contributed by atoms with E-state index in [1.807, 2.05) is 0 Å². The van der Waals surface area contributed by atoms with E-state index >= 15 is 0 Å². The van der Waals surface area contributed by atoms with Crippen LogP contribution in [0, 0.1) is 0 Å². The topological polar surface area (TPSA) is 6.48 Å². The summed E-state index contributed by atoms with van der Waals surface area (Å²) in [6.07, 6.45) is 0. The minimum Gasteiger partial charge on any atom is -0.310 e. The first kappa shape index (κ1) is 59.1. The smallest absolute Gasteiger partial charge is 0.252 e. The fraction of sp³-hybridized carbons (Fsp3) is 0.233. The first-order chi connectivity index (χ1) is 42.3. The Kier molecular flexibility index (Phi) is 14.6. The first-order valence-electron chi connectivity index (χ1n) is 32.2. The Morgan fingerprint density at radius 3 is 0.708 bits per heavy atom. The number of benzene rings is 11. The summed E-state index contributed by atoms with van der Waals surface area (Å²) in [6, 6.07) is 93.0. The molecule has 0 aliphatic carbocycles. The summed E-state index contributed by atoms with van der Waals surface area (Å²) >= 11 is 0. The third-order valence-electron chi connectivity index (χ3n) is 18.7. The van der Waals surface area contributed by atoms with Crippen molar-refractivity contribution in [1.82, 2.24) is 0 Å². The van der Waals surface area contributed by atoms with E-state index in [4.69, 9.17) is 0 Å². The Morgan fingerprint density at radius 2 is 0.472 bits per heavy atom. The molecule has 2 aliphatic heterocycles. The van der Waals surface area contributed by atoms with Gasteiger partial charge in [0.25, 0.3) is 6.71 Å². The maximum absolute atomic E-state index is 2.75. The maximum atomic E-state index is 2.75. The lowest BCUT2D eigenvalue weighted by molar-refractivity contribution is 0.589. The Bertz CT molecular complexity index is 4050. The minimum absolute atomic E-state index is 0.159. The van der Waals surface area contributed by atoms with Crippen molar-refractivity contribution in [2.24, 2.45) is 0 Å². The van der Waals surface area contributed by atoms with E-state index in [-0.39, 0.29) is 33.8 Å². The van der Waals surface area contributed by atoms with Crippen LogP contribution in [0.3, 0.4) is 0 Å². The van der Waals surface area contributed by atoms with E-state index in [0.29, 0.717) is 0 Å². The summed E-state index contributed by atoms with van der Waals surface area (Å²) in [5.41, 5.74) is 30.9. The summed E-state index contributed by atoms with van der Waals surface area (Å²) in [4.78, 5) is 5.51. The molecule has 0 amide bonds. The van der Waals surface area contributed by atoms with Crippen molar-refractivity contribution in [1.29, 1.82) is 0 Å². The number of nitrogens with zero attached hydrogens (tertiary/aromatic N) is 2. The quantitative estimate of drug-likeness (QED) is 0.140. The van der Waals surface area contributed by atoms with Crippen molar-refractivity contribution in [3.8, 4) is 66.8 Å². The van der Waals surface area contributed by atoms with Crippen LogP contribution in [0.4, 0.5) is 34.1 Å². The molecule has 0 radical (unpaired) electrons. The molecule has 0 saturated heterocycles. The van der Waals surface area contributed by atoms with Gasteiger partial charge in [-0.1, -0.05) is 298 Å². The highest BCUT2D eigenvalue weighted by atomic mass is 15.2. The zero-order chi connectivity index (χ0) is 62.5. The summed E-state index contributed by atoms with van der Waals surface area (Å²) in [6.45, 7) is 35.5. The molecule has 0 spiro atoms. The molecule has 0 N–H and O–H groups in total. The molecule has 2 nitrogen and oxygen atoms in total. The van der Waals surface area contributed by atoms with Gasteiger partial charge in [-0.05, 0) is 164 Å². The molecule has 13 rings (SSSR count). The lowest BCUT2D eigenvalue weighted by atomic mass is 9.33. The SMILES string of the molecule is CC(C)(C)c1cc(-c2ccccc2)c(N2c3cc(C(C)(C)C)c(-c4ccccc4)cc3B3c4cc(-c5ccccc5)c(C(C)(C)C)cc4N(c4c(-c5ccccc5)cc(C(C)(C)C)cc4-c4ccccc4)c4cc(C(C)(C)C)cc2c43)c(-c2ccccc2)c1. The van der Waals surface area contributed by atoms with Crippen LogP contribution in [-0.2, 0) is 27.1 Å². The number of hydrogen-bond acceptors (Lipinski definition) is 2. The molecule has 442 valence electrons. The van der Waals surface area contributed by atoms with Crippen LogP contribution in [-0.4, -0.2) is 6.71 Å². The lowest BCUT2D eigenvalue weighted by Crippen LogP contribution is -2.62. The van der Waals surface area contributed by atoms with E-state index in [0.717, 1.165) is 0 Å². The van der Waals surface area contributed by atoms with E-state index in [9.17, 15) is 0 Å². The number of anilines is 6. The molecule has 0 aromatic heterocycles. The molecular weight excluding hydrogens is 1070 g/mol. The van der Waals surface area contributed by atoms with E-state index in [1.54, 1.807) is 0 Å². The van der Waals surface area contributed by atoms with Crippen molar-refractivity contribution in [3.63, 3.8) is 0 Å². The van der Waals surface area contributed by atoms with Gasteiger partial charge in [0.15, 0.2) is 0 Å². The number of rotatable bonds is 8. The molecule has 3 heteroatoms. The van der Waals surface area contributed by atoms with Crippen LogP contribution < -0.4 is 26.2 Å². The van der Waals surface area contributed by atoms with E-state index in [2.05, 4.69) is 356 Å². The molecule has 0 unspecified atom stereocenters. The summed E-state index contributed by atoms with van der Waals surface area (Å²) in [5.74, 6) is 0. The van der Waals surface area contributed by atoms with Gasteiger partial charge in [-0.3, -0.25) is 0 Å². The van der Waals surface area contributed by atoms with Crippen LogP contribution in [0.5, 0.6) is 0 Å². The van der Waals surface area contributed by atoms with Crippen LogP contribution >= 0.6 is 0 Å². The van der Waals surface area contributed by atoms with Gasteiger partial charge in [-0.15, -0.1) is 0 Å². The molecule has 11 aromatic carbocycles. The van der Waals surface area contributed by atoms with Gasteiger partial charge >= 0.3 is 0 Å². The van der Waals surface area contributed by atoms with Gasteiger partial charge in [-0.25, -0.2) is 0 Å². The molecule has 0 saturated carbocycles. The monoisotopic (exact) mass is 1160 g/mol. The molecular formula is C86H85BN2.